The van der Waals surface area contributed by atoms with Crippen molar-refractivity contribution in [3.8, 4) is 0 Å². The van der Waals surface area contributed by atoms with Gasteiger partial charge in [0.1, 0.15) is 0 Å². The summed E-state index contributed by atoms with van der Waals surface area (Å²) in [7, 11) is -3.72. The van der Waals surface area contributed by atoms with Crippen LogP contribution in [0.2, 0.25) is 5.02 Å². The Morgan fingerprint density at radius 2 is 1.75 bits per heavy atom. The Balaban J connectivity index is 1.35. The van der Waals surface area contributed by atoms with E-state index in [1.54, 1.807) is 26.0 Å². The Bertz CT molecular complexity index is 842. The molecule has 154 valence electrons. The number of amides is 1. The average molecular weight is 425 g/mol. The zero-order valence-electron chi connectivity index (χ0n) is 16.4. The van der Waals surface area contributed by atoms with Gasteiger partial charge in [0, 0.05) is 23.5 Å². The van der Waals surface area contributed by atoms with E-state index in [1.807, 2.05) is 0 Å². The summed E-state index contributed by atoms with van der Waals surface area (Å²) in [4.78, 5) is 12.8. The summed E-state index contributed by atoms with van der Waals surface area (Å²) >= 11 is 6.05. The summed E-state index contributed by atoms with van der Waals surface area (Å²) in [6.45, 7) is 3.41. The lowest BCUT2D eigenvalue weighted by Gasteiger charge is -2.54. The molecule has 1 atom stereocenters. The molecule has 5 rings (SSSR count). The molecule has 0 spiro atoms. The average Bonchev–Trinajstić information content (AvgIpc) is 2.59. The first kappa shape index (κ1) is 20.2. The van der Waals surface area contributed by atoms with Gasteiger partial charge in [-0.2, -0.15) is 0 Å². The van der Waals surface area contributed by atoms with E-state index in [0.29, 0.717) is 22.4 Å². The van der Waals surface area contributed by atoms with E-state index < -0.39 is 16.1 Å². The Morgan fingerprint density at radius 3 is 2.36 bits per heavy atom. The molecule has 0 aliphatic heterocycles. The third kappa shape index (κ3) is 3.96. The van der Waals surface area contributed by atoms with E-state index in [0.717, 1.165) is 11.8 Å². The van der Waals surface area contributed by atoms with Crippen LogP contribution in [0.15, 0.2) is 23.1 Å². The van der Waals surface area contributed by atoms with Crippen LogP contribution in [0.1, 0.15) is 51.0 Å². The fourth-order valence-corrected chi connectivity index (χ4v) is 7.67. The molecule has 4 aliphatic carbocycles. The van der Waals surface area contributed by atoms with Crippen molar-refractivity contribution in [1.82, 2.24) is 10.0 Å². The van der Waals surface area contributed by atoms with Crippen molar-refractivity contribution >= 4 is 27.5 Å². The van der Waals surface area contributed by atoms with Crippen molar-refractivity contribution in [1.29, 1.82) is 0 Å². The van der Waals surface area contributed by atoms with Gasteiger partial charge in [0.05, 0.1) is 4.90 Å². The number of halogens is 1. The summed E-state index contributed by atoms with van der Waals surface area (Å²) in [6, 6.07) is 4.61. The van der Waals surface area contributed by atoms with Gasteiger partial charge in [-0.15, -0.1) is 0 Å². The van der Waals surface area contributed by atoms with E-state index in [2.05, 4.69) is 10.0 Å². The molecule has 4 bridgehead atoms. The summed E-state index contributed by atoms with van der Waals surface area (Å²) in [5.74, 6) is 2.89. The van der Waals surface area contributed by atoms with Crippen molar-refractivity contribution in [3.05, 3.63) is 28.8 Å². The maximum Gasteiger partial charge on any atom is 0.241 e. The summed E-state index contributed by atoms with van der Waals surface area (Å²) in [5.41, 5.74) is 0.516. The Kier molecular flexibility index (Phi) is 5.49. The number of carbonyl (C=O) groups is 1. The molecule has 1 aromatic carbocycles. The van der Waals surface area contributed by atoms with Crippen LogP contribution in [-0.2, 0) is 14.8 Å². The normalized spacial score (nSPS) is 32.3. The zero-order valence-corrected chi connectivity index (χ0v) is 18.0. The van der Waals surface area contributed by atoms with Crippen LogP contribution in [-0.4, -0.2) is 26.4 Å². The van der Waals surface area contributed by atoms with Gasteiger partial charge in [-0.25, -0.2) is 13.1 Å². The Hall–Kier alpha value is -1.11. The quantitative estimate of drug-likeness (QED) is 0.731. The predicted molar refractivity (Wildman–Crippen MR) is 110 cm³/mol. The third-order valence-corrected chi connectivity index (χ3v) is 9.05. The fraction of sp³-hybridized carbons (Fsp3) is 0.667. The highest BCUT2D eigenvalue weighted by molar-refractivity contribution is 7.89. The first-order valence-electron chi connectivity index (χ1n) is 10.3. The molecule has 2 N–H and O–H groups in total. The molecule has 7 heteroatoms. The number of sulfonamides is 1. The molecule has 4 aliphatic rings. The van der Waals surface area contributed by atoms with Gasteiger partial charge >= 0.3 is 0 Å². The minimum atomic E-state index is -3.72. The van der Waals surface area contributed by atoms with Crippen molar-refractivity contribution in [2.45, 2.75) is 69.4 Å². The molecular formula is C21H29ClN2O3S. The van der Waals surface area contributed by atoms with Crippen LogP contribution in [0.25, 0.3) is 0 Å². The number of rotatable bonds is 6. The number of benzene rings is 1. The Labute approximate surface area is 172 Å². The maximum atomic E-state index is 12.7. The first-order valence-corrected chi connectivity index (χ1v) is 12.2. The number of nitrogens with one attached hydrogen (secondary N) is 2. The van der Waals surface area contributed by atoms with Crippen LogP contribution in [0, 0.1) is 30.6 Å². The zero-order chi connectivity index (χ0) is 20.1. The van der Waals surface area contributed by atoms with Crippen molar-refractivity contribution in [2.24, 2.45) is 23.7 Å². The highest BCUT2D eigenvalue weighted by Crippen LogP contribution is 2.53. The molecule has 0 radical (unpaired) electrons. The molecule has 28 heavy (non-hydrogen) atoms. The molecule has 0 aromatic heterocycles. The SMILES string of the molecule is Cc1c(Cl)cccc1S(=O)(=O)N[C@H](C)CC(=O)NC1C2CC3CC(C2)CC1C3. The van der Waals surface area contributed by atoms with Crippen LogP contribution < -0.4 is 10.0 Å². The highest BCUT2D eigenvalue weighted by Gasteiger charge is 2.48. The smallest absolute Gasteiger partial charge is 0.241 e. The molecule has 1 amide bonds. The monoisotopic (exact) mass is 424 g/mol. The molecule has 1 aromatic rings. The van der Waals surface area contributed by atoms with Crippen molar-refractivity contribution in [2.75, 3.05) is 0 Å². The van der Waals surface area contributed by atoms with E-state index >= 15 is 0 Å². The highest BCUT2D eigenvalue weighted by atomic mass is 35.5. The lowest BCUT2D eigenvalue weighted by Crippen LogP contribution is -2.56. The third-order valence-electron chi connectivity index (χ3n) is 6.91. The van der Waals surface area contributed by atoms with Crippen LogP contribution in [0.4, 0.5) is 0 Å². The lowest BCUT2D eigenvalue weighted by molar-refractivity contribution is -0.125. The summed E-state index contributed by atoms with van der Waals surface area (Å²) in [6.07, 6.45) is 6.50. The summed E-state index contributed by atoms with van der Waals surface area (Å²) in [5, 5.41) is 3.66. The van der Waals surface area contributed by atoms with Gasteiger partial charge in [-0.3, -0.25) is 4.79 Å². The lowest BCUT2D eigenvalue weighted by atomic mass is 9.54. The summed E-state index contributed by atoms with van der Waals surface area (Å²) < 4.78 is 28.0. The Morgan fingerprint density at radius 1 is 1.14 bits per heavy atom. The topological polar surface area (TPSA) is 75.3 Å². The van der Waals surface area contributed by atoms with Crippen molar-refractivity contribution in [3.63, 3.8) is 0 Å². The van der Waals surface area contributed by atoms with Gasteiger partial charge in [0.2, 0.25) is 15.9 Å². The van der Waals surface area contributed by atoms with Crippen LogP contribution in [0.3, 0.4) is 0 Å². The van der Waals surface area contributed by atoms with Crippen LogP contribution in [0.5, 0.6) is 0 Å². The van der Waals surface area contributed by atoms with Gasteiger partial charge in [0.15, 0.2) is 0 Å². The number of hydrogen-bond donors (Lipinski definition) is 2. The molecule has 0 saturated heterocycles. The van der Waals surface area contributed by atoms with Gasteiger partial charge in [-0.1, -0.05) is 17.7 Å². The van der Waals surface area contributed by atoms with E-state index in [4.69, 9.17) is 11.6 Å². The molecular weight excluding hydrogens is 396 g/mol. The molecule has 4 saturated carbocycles. The van der Waals surface area contributed by atoms with E-state index in [1.165, 1.54) is 38.2 Å². The second-order valence-corrected chi connectivity index (χ2v) is 11.2. The van der Waals surface area contributed by atoms with Gasteiger partial charge in [0.25, 0.3) is 0 Å². The minimum Gasteiger partial charge on any atom is -0.353 e. The van der Waals surface area contributed by atoms with E-state index in [-0.39, 0.29) is 23.3 Å². The fourth-order valence-electron chi connectivity index (χ4n) is 5.93. The number of carbonyl (C=O) groups excluding carboxylic acids is 1. The van der Waals surface area contributed by atoms with E-state index in [9.17, 15) is 13.2 Å². The van der Waals surface area contributed by atoms with Gasteiger partial charge < -0.3 is 5.32 Å². The molecule has 0 unspecified atom stereocenters. The largest absolute Gasteiger partial charge is 0.353 e. The standard InChI is InChI=1S/C21H29ClN2O3S/c1-12(24-28(26,27)19-5-3-4-18(22)13(19)2)6-20(25)23-21-16-8-14-7-15(10-16)11-17(21)9-14/h3-5,12,14-17,21,24H,6-11H2,1-2H3,(H,23,25)/t12-,14?,15?,16?,17?,21?/m1/s1. The maximum absolute atomic E-state index is 12.7. The second-order valence-electron chi connectivity index (χ2n) is 9.11. The molecule has 5 nitrogen and oxygen atoms in total. The molecule has 0 heterocycles. The minimum absolute atomic E-state index is 0.0597. The van der Waals surface area contributed by atoms with Crippen LogP contribution >= 0.6 is 11.6 Å². The molecule has 4 fully saturated rings. The second kappa shape index (κ2) is 7.62. The van der Waals surface area contributed by atoms with Gasteiger partial charge in [-0.05, 0) is 87.3 Å². The first-order chi connectivity index (χ1) is 13.2. The predicted octanol–water partition coefficient (Wildman–Crippen LogP) is 3.65. The number of hydrogen-bond acceptors (Lipinski definition) is 3. The van der Waals surface area contributed by atoms with Crippen molar-refractivity contribution < 1.29 is 13.2 Å².